The van der Waals surface area contributed by atoms with Gasteiger partial charge in [-0.3, -0.25) is 9.59 Å². The molecular formula is C19H28ClN3O2. The molecule has 0 spiro atoms. The molecule has 1 aromatic rings. The second-order valence-corrected chi connectivity index (χ2v) is 6.95. The fourth-order valence-corrected chi connectivity index (χ4v) is 3.70. The standard InChI is InChI=1S/C19H27N3O2.ClH/c20-18(16-6-2-1-3-7-16)19(24)21-12-9-15(10-13-21)14-22-11-5-4-8-17(22)23;/h1-3,6-7,15,18H,4-5,8-14,20H2;1H. The molecule has 138 valence electrons. The van der Waals surface area contributed by atoms with Crippen LogP contribution in [-0.4, -0.2) is 47.8 Å². The molecule has 5 nitrogen and oxygen atoms in total. The summed E-state index contributed by atoms with van der Waals surface area (Å²) >= 11 is 0. The number of hydrogen-bond donors (Lipinski definition) is 1. The molecule has 25 heavy (non-hydrogen) atoms. The molecule has 2 amide bonds. The first-order valence-corrected chi connectivity index (χ1v) is 9.02. The lowest BCUT2D eigenvalue weighted by Crippen LogP contribution is -2.46. The minimum absolute atomic E-state index is 0. The van der Waals surface area contributed by atoms with E-state index in [-0.39, 0.29) is 18.3 Å². The van der Waals surface area contributed by atoms with Crippen molar-refractivity contribution in [1.82, 2.24) is 9.80 Å². The van der Waals surface area contributed by atoms with Gasteiger partial charge in [-0.15, -0.1) is 12.4 Å². The first kappa shape index (κ1) is 19.7. The van der Waals surface area contributed by atoms with Crippen LogP contribution in [0.25, 0.3) is 0 Å². The fraction of sp³-hybridized carbons (Fsp3) is 0.579. The number of nitrogens with two attached hydrogens (primary N) is 1. The number of hydrogen-bond acceptors (Lipinski definition) is 3. The maximum atomic E-state index is 12.6. The van der Waals surface area contributed by atoms with Crippen molar-refractivity contribution in [3.05, 3.63) is 35.9 Å². The molecule has 2 heterocycles. The first-order valence-electron chi connectivity index (χ1n) is 9.02. The van der Waals surface area contributed by atoms with Crippen molar-refractivity contribution in [3.63, 3.8) is 0 Å². The van der Waals surface area contributed by atoms with Gasteiger partial charge in [0.25, 0.3) is 0 Å². The van der Waals surface area contributed by atoms with Crippen LogP contribution in [0, 0.1) is 5.92 Å². The minimum atomic E-state index is -0.577. The van der Waals surface area contributed by atoms with Crippen LogP contribution in [0.3, 0.4) is 0 Å². The van der Waals surface area contributed by atoms with Gasteiger partial charge in [0.05, 0.1) is 0 Å². The summed E-state index contributed by atoms with van der Waals surface area (Å²) < 4.78 is 0. The highest BCUT2D eigenvalue weighted by Crippen LogP contribution is 2.23. The summed E-state index contributed by atoms with van der Waals surface area (Å²) in [6, 6.07) is 8.96. The number of rotatable bonds is 4. The fourth-order valence-electron chi connectivity index (χ4n) is 3.70. The van der Waals surface area contributed by atoms with E-state index in [4.69, 9.17) is 5.73 Å². The van der Waals surface area contributed by atoms with E-state index in [2.05, 4.69) is 0 Å². The largest absolute Gasteiger partial charge is 0.342 e. The van der Waals surface area contributed by atoms with E-state index < -0.39 is 6.04 Å². The van der Waals surface area contributed by atoms with Crippen LogP contribution < -0.4 is 5.73 Å². The summed E-state index contributed by atoms with van der Waals surface area (Å²) in [6.07, 6.45) is 4.76. The number of piperidine rings is 2. The predicted molar refractivity (Wildman–Crippen MR) is 100 cm³/mol. The summed E-state index contributed by atoms with van der Waals surface area (Å²) in [5.41, 5.74) is 6.99. The van der Waals surface area contributed by atoms with Crippen molar-refractivity contribution >= 4 is 24.2 Å². The number of amides is 2. The van der Waals surface area contributed by atoms with Crippen LogP contribution in [-0.2, 0) is 9.59 Å². The van der Waals surface area contributed by atoms with E-state index in [0.29, 0.717) is 18.2 Å². The molecule has 2 N–H and O–H groups in total. The molecule has 0 aliphatic carbocycles. The Kier molecular flexibility index (Phi) is 7.26. The van der Waals surface area contributed by atoms with E-state index in [9.17, 15) is 9.59 Å². The zero-order chi connectivity index (χ0) is 16.9. The molecule has 0 bridgehead atoms. The Morgan fingerprint density at radius 1 is 1.12 bits per heavy atom. The van der Waals surface area contributed by atoms with Crippen LogP contribution in [0.2, 0.25) is 0 Å². The lowest BCUT2D eigenvalue weighted by Gasteiger charge is -2.37. The Morgan fingerprint density at radius 2 is 1.80 bits per heavy atom. The van der Waals surface area contributed by atoms with Crippen LogP contribution in [0.15, 0.2) is 30.3 Å². The number of likely N-dealkylation sites (tertiary alicyclic amines) is 2. The lowest BCUT2D eigenvalue weighted by molar-refractivity contribution is -0.137. The van der Waals surface area contributed by atoms with Gasteiger partial charge in [-0.1, -0.05) is 30.3 Å². The topological polar surface area (TPSA) is 66.6 Å². The number of carbonyl (C=O) groups excluding carboxylic acids is 2. The molecule has 6 heteroatoms. The smallest absolute Gasteiger partial charge is 0.244 e. The number of halogens is 1. The summed E-state index contributed by atoms with van der Waals surface area (Å²) in [5, 5.41) is 0. The van der Waals surface area contributed by atoms with Gasteiger partial charge in [0, 0.05) is 32.6 Å². The van der Waals surface area contributed by atoms with E-state index >= 15 is 0 Å². The molecule has 0 saturated carbocycles. The van der Waals surface area contributed by atoms with E-state index in [0.717, 1.165) is 57.4 Å². The summed E-state index contributed by atoms with van der Waals surface area (Å²) in [6.45, 7) is 3.24. The van der Waals surface area contributed by atoms with Crippen molar-refractivity contribution in [2.24, 2.45) is 11.7 Å². The van der Waals surface area contributed by atoms with Gasteiger partial charge in [-0.2, -0.15) is 0 Å². The first-order chi connectivity index (χ1) is 11.6. The highest BCUT2D eigenvalue weighted by molar-refractivity contribution is 5.85. The van der Waals surface area contributed by atoms with Crippen molar-refractivity contribution in [1.29, 1.82) is 0 Å². The SMILES string of the molecule is Cl.NC(C(=O)N1CCC(CN2CCCCC2=O)CC1)c1ccccc1. The average molecular weight is 366 g/mol. The van der Waals surface area contributed by atoms with Gasteiger partial charge in [0.2, 0.25) is 11.8 Å². The van der Waals surface area contributed by atoms with Gasteiger partial charge in [0.15, 0.2) is 0 Å². The highest BCUT2D eigenvalue weighted by Gasteiger charge is 2.29. The highest BCUT2D eigenvalue weighted by atomic mass is 35.5. The second-order valence-electron chi connectivity index (χ2n) is 6.95. The Bertz CT molecular complexity index is 573. The Hall–Kier alpha value is -1.59. The van der Waals surface area contributed by atoms with Crippen LogP contribution in [0.1, 0.15) is 43.7 Å². The van der Waals surface area contributed by atoms with Crippen molar-refractivity contribution in [3.8, 4) is 0 Å². The maximum Gasteiger partial charge on any atom is 0.244 e. The van der Waals surface area contributed by atoms with Crippen LogP contribution >= 0.6 is 12.4 Å². The summed E-state index contributed by atoms with van der Waals surface area (Å²) in [4.78, 5) is 28.4. The summed E-state index contributed by atoms with van der Waals surface area (Å²) in [7, 11) is 0. The predicted octanol–water partition coefficient (Wildman–Crippen LogP) is 2.36. The summed E-state index contributed by atoms with van der Waals surface area (Å²) in [5.74, 6) is 0.809. The third kappa shape index (κ3) is 4.95. The molecule has 2 aliphatic heterocycles. The van der Waals surface area contributed by atoms with Gasteiger partial charge < -0.3 is 15.5 Å². The van der Waals surface area contributed by atoms with Gasteiger partial charge in [-0.05, 0) is 37.2 Å². The Morgan fingerprint density at radius 3 is 2.44 bits per heavy atom. The van der Waals surface area contributed by atoms with Gasteiger partial charge >= 0.3 is 0 Å². The maximum absolute atomic E-state index is 12.6. The minimum Gasteiger partial charge on any atom is -0.342 e. The van der Waals surface area contributed by atoms with Gasteiger partial charge in [0.1, 0.15) is 6.04 Å². The van der Waals surface area contributed by atoms with Gasteiger partial charge in [-0.25, -0.2) is 0 Å². The zero-order valence-electron chi connectivity index (χ0n) is 14.6. The molecule has 1 aromatic carbocycles. The lowest BCUT2D eigenvalue weighted by atomic mass is 9.94. The van der Waals surface area contributed by atoms with Crippen molar-refractivity contribution < 1.29 is 9.59 Å². The molecule has 2 aliphatic rings. The van der Waals surface area contributed by atoms with Crippen molar-refractivity contribution in [2.75, 3.05) is 26.2 Å². The van der Waals surface area contributed by atoms with Crippen LogP contribution in [0.4, 0.5) is 0 Å². The van der Waals surface area contributed by atoms with E-state index in [1.54, 1.807) is 0 Å². The van der Waals surface area contributed by atoms with Crippen LogP contribution in [0.5, 0.6) is 0 Å². The monoisotopic (exact) mass is 365 g/mol. The Labute approximate surface area is 155 Å². The second kappa shape index (κ2) is 9.20. The number of benzene rings is 1. The Balaban J connectivity index is 0.00000225. The van der Waals surface area contributed by atoms with Crippen molar-refractivity contribution in [2.45, 2.75) is 38.1 Å². The normalized spacial score (nSPS) is 20.1. The molecule has 1 atom stereocenters. The van der Waals surface area contributed by atoms with E-state index in [1.807, 2.05) is 40.1 Å². The number of nitrogens with zero attached hydrogens (tertiary/aromatic N) is 2. The molecule has 3 rings (SSSR count). The van der Waals surface area contributed by atoms with E-state index in [1.165, 1.54) is 0 Å². The molecule has 1 unspecified atom stereocenters. The molecule has 2 fully saturated rings. The molecular weight excluding hydrogens is 338 g/mol. The quantitative estimate of drug-likeness (QED) is 0.890. The third-order valence-electron chi connectivity index (χ3n) is 5.25. The number of carbonyl (C=O) groups is 2. The zero-order valence-corrected chi connectivity index (χ0v) is 15.4. The average Bonchev–Trinajstić information content (AvgIpc) is 2.64. The molecule has 0 aromatic heterocycles. The molecule has 0 radical (unpaired) electrons. The molecule has 2 saturated heterocycles. The third-order valence-corrected chi connectivity index (χ3v) is 5.25.